The summed E-state index contributed by atoms with van der Waals surface area (Å²) in [7, 11) is -8.69. The van der Waals surface area contributed by atoms with Crippen molar-refractivity contribution in [2.45, 2.75) is 39.9 Å². The van der Waals surface area contributed by atoms with Gasteiger partial charge in [-0.15, -0.1) is 0 Å². The lowest BCUT2D eigenvalue weighted by Crippen LogP contribution is -2.63. The number of alkyl halides is 9. The molecule has 22 aromatic rings. The van der Waals surface area contributed by atoms with E-state index in [9.17, 15) is 49.2 Å². The van der Waals surface area contributed by atoms with E-state index in [0.717, 1.165) is 83.1 Å². The molecule has 2 aliphatic rings. The Kier molecular flexibility index (Phi) is 23.3. The normalized spacial score (nSPS) is 13.0. The number of para-hydroxylation sites is 2. The first-order valence-electron chi connectivity index (χ1n) is 45.7. The predicted molar refractivity (Wildman–Crippen MR) is 541 cm³/mol. The van der Waals surface area contributed by atoms with Crippen LogP contribution in [-0.4, -0.2) is 98.7 Å². The van der Waals surface area contributed by atoms with Gasteiger partial charge in [0.05, 0.1) is 16.6 Å². The molecular formula is C117H76BF9N10O6S. The van der Waals surface area contributed by atoms with E-state index < -0.39 is 62.4 Å². The van der Waals surface area contributed by atoms with Gasteiger partial charge < -0.3 is 18.9 Å². The number of nitrogens with zero attached hydrogens (tertiary/aromatic N) is 10. The van der Waals surface area contributed by atoms with Crippen molar-refractivity contribution < 1.29 is 68.2 Å². The molecule has 2 aliphatic carbocycles. The van der Waals surface area contributed by atoms with Gasteiger partial charge in [0.15, 0.2) is 57.7 Å². The third-order valence-electron chi connectivity index (χ3n) is 26.0. The van der Waals surface area contributed by atoms with Crippen molar-refractivity contribution in [1.29, 1.82) is 0 Å². The Morgan fingerprint density at radius 1 is 0.278 bits per heavy atom. The number of aromatic nitrogens is 10. The van der Waals surface area contributed by atoms with E-state index in [1.165, 1.54) is 17.7 Å². The molecule has 16 nitrogen and oxygen atoms in total. The van der Waals surface area contributed by atoms with E-state index in [1.54, 1.807) is 140 Å². The lowest BCUT2D eigenvalue weighted by Gasteiger charge is -2.34. The van der Waals surface area contributed by atoms with Crippen LogP contribution < -0.4 is 5.72 Å². The summed E-state index contributed by atoms with van der Waals surface area (Å²) in [6.07, 6.45) is -7.24. The van der Waals surface area contributed by atoms with Gasteiger partial charge in [0.2, 0.25) is 9.84 Å². The summed E-state index contributed by atoms with van der Waals surface area (Å²) < 4.78 is 169. The number of sulfone groups is 1. The van der Waals surface area contributed by atoms with Gasteiger partial charge in [-0.2, -0.15) is 39.5 Å². The Balaban J connectivity index is 0.000000140. The monoisotopic (exact) mass is 1930 g/mol. The third-order valence-corrected chi connectivity index (χ3v) is 27.8. The maximum Gasteiger partial charge on any atom is 0.528 e. The van der Waals surface area contributed by atoms with Crippen molar-refractivity contribution in [3.63, 3.8) is 0 Å². The number of fused-ring (bicyclic) bond motifs is 12. The Morgan fingerprint density at radius 3 is 0.958 bits per heavy atom. The highest BCUT2D eigenvalue weighted by atomic mass is 32.2. The number of hydrogen-bond donors (Lipinski definition) is 2. The molecule has 0 fully saturated rings. The zero-order valence-corrected chi connectivity index (χ0v) is 76.3. The van der Waals surface area contributed by atoms with Gasteiger partial charge >= 0.3 is 30.4 Å². The molecule has 0 amide bonds. The molecule has 0 unspecified atom stereocenters. The molecule has 144 heavy (non-hydrogen) atoms. The third kappa shape index (κ3) is 15.8. The Morgan fingerprint density at radius 2 is 0.576 bits per heavy atom. The number of halogens is 9. The van der Waals surface area contributed by atoms with Gasteiger partial charge in [0.25, 0.3) is 0 Å². The first-order valence-corrected chi connectivity index (χ1v) is 47.4. The SMILES string of the molecule is O=S(=O)(Cc1cc2c(cc1-c1nc(-c3ccccc3)nc(-c3ccccc3)n1)-c1ccccc1C2(c1ccccc1)c1ccccc1)C(F)(F)C(F)(F)C(F)(F)C(F)(F)F.OB(O)c1nc(-c2ccccc2)c2oc3ccccc3c2n1.[2HH].c1ccc(-c2nc(-c3ccccc3)nc(-c3cc4c(cc3-c3nc(-c5ccccc5)c5oc6ccccc6c5n3)C(c3ccccc3)(c3ccccc3)c3ccccc3-4)n2)cc1. The minimum atomic E-state index is -7.45. The van der Waals surface area contributed by atoms with E-state index in [1.807, 2.05) is 158 Å². The summed E-state index contributed by atoms with van der Waals surface area (Å²) >= 11 is 0. The first kappa shape index (κ1) is 91.7. The van der Waals surface area contributed by atoms with Crippen LogP contribution in [0.4, 0.5) is 39.5 Å². The molecule has 0 spiro atoms. The Hall–Kier alpha value is -17.4. The maximum absolute atomic E-state index is 15.6. The maximum atomic E-state index is 15.6. The van der Waals surface area contributed by atoms with Gasteiger partial charge in [0.1, 0.15) is 33.6 Å². The lowest BCUT2D eigenvalue weighted by atomic mass is 9.67. The first-order chi connectivity index (χ1) is 69.9. The molecule has 702 valence electrons. The molecule has 0 saturated carbocycles. The number of rotatable bonds is 19. The zero-order chi connectivity index (χ0) is 98.9. The van der Waals surface area contributed by atoms with Crippen LogP contribution in [0.3, 0.4) is 0 Å². The average molecular weight is 1930 g/mol. The molecule has 2 N–H and O–H groups in total. The Bertz CT molecular complexity index is 8570. The summed E-state index contributed by atoms with van der Waals surface area (Å²) in [5.41, 5.74) is 18.2. The second-order valence-corrected chi connectivity index (χ2v) is 36.6. The number of furan rings is 2. The molecule has 0 aliphatic heterocycles. The fourth-order valence-corrected chi connectivity index (χ4v) is 20.8. The highest BCUT2D eigenvalue weighted by molar-refractivity contribution is 7.91. The molecular weight excluding hydrogens is 1860 g/mol. The molecule has 0 bridgehead atoms. The van der Waals surface area contributed by atoms with E-state index in [2.05, 4.69) is 140 Å². The van der Waals surface area contributed by atoms with Crippen LogP contribution in [0.1, 0.15) is 51.5 Å². The summed E-state index contributed by atoms with van der Waals surface area (Å²) in [5.74, 6) is -15.1. The highest BCUT2D eigenvalue weighted by Crippen LogP contribution is 2.62. The van der Waals surface area contributed by atoms with Gasteiger partial charge in [-0.3, -0.25) is 0 Å². The quantitative estimate of drug-likeness (QED) is 0.0566. The van der Waals surface area contributed by atoms with Gasteiger partial charge in [-0.25, -0.2) is 58.3 Å². The van der Waals surface area contributed by atoms with Crippen LogP contribution in [0.5, 0.6) is 0 Å². The summed E-state index contributed by atoms with van der Waals surface area (Å²) in [5, 5.41) is 13.7. The second kappa shape index (κ2) is 36.7. The topological polar surface area (TPSA) is 230 Å². The summed E-state index contributed by atoms with van der Waals surface area (Å²) in [6.45, 7) is 0. The van der Waals surface area contributed by atoms with Crippen LogP contribution in [-0.2, 0) is 26.4 Å². The van der Waals surface area contributed by atoms with Crippen LogP contribution in [0, 0.1) is 0 Å². The zero-order valence-electron chi connectivity index (χ0n) is 75.5. The summed E-state index contributed by atoms with van der Waals surface area (Å²) in [6, 6.07) is 134. The largest absolute Gasteiger partial charge is 0.528 e. The van der Waals surface area contributed by atoms with Crippen molar-refractivity contribution in [2.24, 2.45) is 0 Å². The summed E-state index contributed by atoms with van der Waals surface area (Å²) in [4.78, 5) is 48.9. The van der Waals surface area contributed by atoms with E-state index in [4.69, 9.17) is 33.8 Å². The van der Waals surface area contributed by atoms with E-state index in [0.29, 0.717) is 95.9 Å². The van der Waals surface area contributed by atoms with Gasteiger partial charge in [0, 0.05) is 62.3 Å². The minimum Gasteiger partial charge on any atom is -0.452 e. The fourth-order valence-electron chi connectivity index (χ4n) is 19.4. The van der Waals surface area contributed by atoms with Crippen LogP contribution in [0.15, 0.2) is 433 Å². The van der Waals surface area contributed by atoms with Gasteiger partial charge in [-0.1, -0.05) is 382 Å². The van der Waals surface area contributed by atoms with Crippen molar-refractivity contribution in [2.75, 3.05) is 0 Å². The Labute approximate surface area is 819 Å². The molecule has 0 saturated heterocycles. The lowest BCUT2D eigenvalue weighted by molar-refractivity contribution is -0.382. The molecule has 27 heteroatoms. The number of hydrogen-bond acceptors (Lipinski definition) is 16. The predicted octanol–water partition coefficient (Wildman–Crippen LogP) is 26.8. The van der Waals surface area contributed by atoms with Crippen LogP contribution in [0.2, 0.25) is 0 Å². The van der Waals surface area contributed by atoms with Crippen molar-refractivity contribution >= 4 is 66.8 Å². The molecule has 6 heterocycles. The number of benzene rings is 16. The highest BCUT2D eigenvalue weighted by Gasteiger charge is 2.85. The van der Waals surface area contributed by atoms with Crippen LogP contribution >= 0.6 is 0 Å². The second-order valence-electron chi connectivity index (χ2n) is 34.5. The molecule has 6 aromatic heterocycles. The fraction of sp³-hybridized carbons (Fsp3) is 0.0598. The van der Waals surface area contributed by atoms with Crippen molar-refractivity contribution in [1.82, 2.24) is 49.8 Å². The molecule has 24 rings (SSSR count). The van der Waals surface area contributed by atoms with Crippen molar-refractivity contribution in [3.05, 3.63) is 475 Å². The van der Waals surface area contributed by atoms with Crippen LogP contribution in [0.25, 0.3) is 169 Å². The van der Waals surface area contributed by atoms with E-state index in [-0.39, 0.29) is 35.8 Å². The minimum absolute atomic E-state index is 0. The average Bonchev–Trinajstić information content (AvgIpc) is 1.55. The van der Waals surface area contributed by atoms with Gasteiger partial charge in [-0.05, 0) is 115 Å². The standard InChI is InChI=1S/C56H35N5O.C45H28F9N3O2S.C16H11BN2O3.H2/c1-6-20-36(21-7-1)49-51-50(42-31-17-19-33-48(42)62-51)58-54(57-49)45-35-47-43(41-30-16-18-32-46(41)56(47,39-26-12-4-13-27-39)40-28-14-5-15-29-40)34-44(45)55-60-52(37-22-8-2-9-23-37)59-53(61-55)38-24-10-3-11-25-38;46-42(47,44(50,51)52)43(48,49)45(53,54)60(58,59)27-30-25-37-35(33-23-13-14-24-36(33)41(37,31-19-9-3-10-20-31)32-21-11-4-12-22-32)26-34(30)40-56-38(28-15-5-1-6-16-28)55-39(57-40)29-17-7-2-8-18-29;20-17(21)16-18-13(10-6-2-1-3-7-10)15-14(19-16)11-8-4-5-9-12(11)22-15;/h1-35H;1-26H,27H2;1-9,20-21H;1H/i;;;1+1. The van der Waals surface area contributed by atoms with E-state index >= 15 is 8.78 Å². The smallest absolute Gasteiger partial charge is 0.452 e. The molecule has 0 radical (unpaired) electrons. The van der Waals surface area contributed by atoms with Crippen molar-refractivity contribution in [3.8, 4) is 124 Å². The molecule has 0 atom stereocenters. The molecule has 16 aromatic carbocycles.